The predicted molar refractivity (Wildman–Crippen MR) is 77.5 cm³/mol. The average Bonchev–Trinajstić information content (AvgIpc) is 2.74. The van der Waals surface area contributed by atoms with Gasteiger partial charge in [0.15, 0.2) is 0 Å². The second-order valence-corrected chi connectivity index (χ2v) is 5.67. The van der Waals surface area contributed by atoms with Gasteiger partial charge in [-0.15, -0.1) is 0 Å². The summed E-state index contributed by atoms with van der Waals surface area (Å²) in [7, 11) is 1.83. The molecule has 0 atom stereocenters. The fourth-order valence-electron chi connectivity index (χ4n) is 2.20. The summed E-state index contributed by atoms with van der Waals surface area (Å²) in [5, 5.41) is 4.41. The first-order valence-electron chi connectivity index (χ1n) is 6.67. The molecule has 2 heterocycles. The first kappa shape index (κ1) is 13.0. The SMILES string of the molecule is Cn1nc(-c2ccccc2OCC2(C)COC2)cc1N. The summed E-state index contributed by atoms with van der Waals surface area (Å²) in [5.41, 5.74) is 7.76. The van der Waals surface area contributed by atoms with E-state index in [9.17, 15) is 0 Å². The molecule has 2 N–H and O–H groups in total. The van der Waals surface area contributed by atoms with E-state index in [1.807, 2.05) is 37.4 Å². The number of rotatable bonds is 4. The molecule has 0 spiro atoms. The quantitative estimate of drug-likeness (QED) is 0.926. The van der Waals surface area contributed by atoms with Gasteiger partial charge in [-0.05, 0) is 12.1 Å². The largest absolute Gasteiger partial charge is 0.492 e. The van der Waals surface area contributed by atoms with E-state index in [4.69, 9.17) is 15.2 Å². The zero-order valence-corrected chi connectivity index (χ0v) is 11.8. The highest BCUT2D eigenvalue weighted by Gasteiger charge is 2.34. The number of nitrogen functional groups attached to an aromatic ring is 1. The second kappa shape index (κ2) is 4.83. The minimum absolute atomic E-state index is 0.121. The maximum absolute atomic E-state index is 5.98. The Kier molecular flexibility index (Phi) is 3.14. The molecule has 5 heteroatoms. The van der Waals surface area contributed by atoms with E-state index in [0.717, 1.165) is 30.2 Å². The topological polar surface area (TPSA) is 62.3 Å². The monoisotopic (exact) mass is 273 g/mol. The van der Waals surface area contributed by atoms with Crippen LogP contribution >= 0.6 is 0 Å². The van der Waals surface area contributed by atoms with Crippen molar-refractivity contribution in [3.8, 4) is 17.0 Å². The zero-order chi connectivity index (χ0) is 14.2. The summed E-state index contributed by atoms with van der Waals surface area (Å²) in [6.45, 7) is 4.32. The number of hydrogen-bond acceptors (Lipinski definition) is 4. The molecule has 1 aromatic carbocycles. The van der Waals surface area contributed by atoms with Gasteiger partial charge in [-0.3, -0.25) is 4.68 Å². The van der Waals surface area contributed by atoms with E-state index in [1.54, 1.807) is 4.68 Å². The molecular weight excluding hydrogens is 254 g/mol. The predicted octanol–water partition coefficient (Wildman–Crippen LogP) is 2.08. The van der Waals surface area contributed by atoms with Gasteiger partial charge in [0.2, 0.25) is 0 Å². The van der Waals surface area contributed by atoms with Crippen molar-refractivity contribution in [1.82, 2.24) is 9.78 Å². The fraction of sp³-hybridized carbons (Fsp3) is 0.400. The third-order valence-electron chi connectivity index (χ3n) is 3.56. The van der Waals surface area contributed by atoms with Crippen molar-refractivity contribution < 1.29 is 9.47 Å². The first-order chi connectivity index (χ1) is 9.57. The number of hydrogen-bond donors (Lipinski definition) is 1. The highest BCUT2D eigenvalue weighted by molar-refractivity contribution is 5.69. The van der Waals surface area contributed by atoms with Gasteiger partial charge in [-0.1, -0.05) is 19.1 Å². The summed E-state index contributed by atoms with van der Waals surface area (Å²) < 4.78 is 12.9. The number of benzene rings is 1. The Morgan fingerprint density at radius 2 is 2.15 bits per heavy atom. The van der Waals surface area contributed by atoms with Gasteiger partial charge in [0.05, 0.1) is 25.5 Å². The maximum Gasteiger partial charge on any atom is 0.128 e. The van der Waals surface area contributed by atoms with E-state index in [1.165, 1.54) is 0 Å². The molecule has 106 valence electrons. The second-order valence-electron chi connectivity index (χ2n) is 5.67. The van der Waals surface area contributed by atoms with Gasteiger partial charge in [-0.2, -0.15) is 5.10 Å². The Morgan fingerprint density at radius 3 is 2.75 bits per heavy atom. The van der Waals surface area contributed by atoms with Gasteiger partial charge < -0.3 is 15.2 Å². The summed E-state index contributed by atoms with van der Waals surface area (Å²) in [6, 6.07) is 9.75. The molecule has 1 aromatic heterocycles. The highest BCUT2D eigenvalue weighted by Crippen LogP contribution is 2.33. The number of anilines is 1. The molecule has 2 aromatic rings. The van der Waals surface area contributed by atoms with Crippen LogP contribution in [0.15, 0.2) is 30.3 Å². The smallest absolute Gasteiger partial charge is 0.128 e. The van der Waals surface area contributed by atoms with Gasteiger partial charge in [0, 0.05) is 24.1 Å². The van der Waals surface area contributed by atoms with Crippen LogP contribution in [0.4, 0.5) is 5.82 Å². The van der Waals surface area contributed by atoms with Gasteiger partial charge in [0.25, 0.3) is 0 Å². The minimum atomic E-state index is 0.121. The summed E-state index contributed by atoms with van der Waals surface area (Å²) in [4.78, 5) is 0. The highest BCUT2D eigenvalue weighted by atomic mass is 16.5. The molecule has 3 rings (SSSR count). The van der Waals surface area contributed by atoms with Crippen molar-refractivity contribution in [1.29, 1.82) is 0 Å². The van der Waals surface area contributed by atoms with E-state index >= 15 is 0 Å². The zero-order valence-electron chi connectivity index (χ0n) is 11.8. The lowest BCUT2D eigenvalue weighted by atomic mass is 9.90. The van der Waals surface area contributed by atoms with Crippen LogP contribution in [-0.2, 0) is 11.8 Å². The van der Waals surface area contributed by atoms with Gasteiger partial charge in [0.1, 0.15) is 11.6 Å². The van der Waals surface area contributed by atoms with Crippen LogP contribution in [0, 0.1) is 5.41 Å². The molecule has 0 radical (unpaired) electrons. The molecule has 0 unspecified atom stereocenters. The Morgan fingerprint density at radius 1 is 1.40 bits per heavy atom. The normalized spacial score (nSPS) is 16.7. The molecule has 0 saturated carbocycles. The molecule has 0 aliphatic carbocycles. The molecule has 0 amide bonds. The number of nitrogens with zero attached hydrogens (tertiary/aromatic N) is 2. The van der Waals surface area contributed by atoms with Crippen LogP contribution < -0.4 is 10.5 Å². The molecular formula is C15H19N3O2. The Bertz CT molecular complexity index is 598. The van der Waals surface area contributed by atoms with E-state index in [2.05, 4.69) is 12.0 Å². The van der Waals surface area contributed by atoms with Crippen molar-refractivity contribution in [2.75, 3.05) is 25.6 Å². The molecule has 1 aliphatic rings. The average molecular weight is 273 g/mol. The number of aromatic nitrogens is 2. The fourth-order valence-corrected chi connectivity index (χ4v) is 2.20. The first-order valence-corrected chi connectivity index (χ1v) is 6.67. The van der Waals surface area contributed by atoms with Crippen molar-refractivity contribution >= 4 is 5.82 Å². The van der Waals surface area contributed by atoms with Crippen molar-refractivity contribution in [3.63, 3.8) is 0 Å². The van der Waals surface area contributed by atoms with Crippen molar-refractivity contribution in [3.05, 3.63) is 30.3 Å². The van der Waals surface area contributed by atoms with Gasteiger partial charge >= 0.3 is 0 Å². The minimum Gasteiger partial charge on any atom is -0.492 e. The van der Waals surface area contributed by atoms with E-state index < -0.39 is 0 Å². The third kappa shape index (κ3) is 2.36. The van der Waals surface area contributed by atoms with Crippen LogP contribution in [-0.4, -0.2) is 29.6 Å². The molecule has 0 bridgehead atoms. The molecule has 1 aliphatic heterocycles. The van der Waals surface area contributed by atoms with E-state index in [0.29, 0.717) is 12.4 Å². The molecule has 1 fully saturated rings. The number of nitrogens with two attached hydrogens (primary N) is 1. The summed E-state index contributed by atoms with van der Waals surface area (Å²) in [6.07, 6.45) is 0. The molecule has 20 heavy (non-hydrogen) atoms. The Hall–Kier alpha value is -2.01. The lowest BCUT2D eigenvalue weighted by Gasteiger charge is -2.37. The van der Waals surface area contributed by atoms with Gasteiger partial charge in [-0.25, -0.2) is 0 Å². The number of ether oxygens (including phenoxy) is 2. The standard InChI is InChI=1S/C15H19N3O2/c1-15(8-19-9-15)10-20-13-6-4-3-5-11(13)12-7-14(16)18(2)17-12/h3-7H,8-10,16H2,1-2H3. The third-order valence-corrected chi connectivity index (χ3v) is 3.56. The van der Waals surface area contributed by atoms with Crippen LogP contribution in [0.1, 0.15) is 6.92 Å². The van der Waals surface area contributed by atoms with Crippen molar-refractivity contribution in [2.24, 2.45) is 12.5 Å². The van der Waals surface area contributed by atoms with Crippen molar-refractivity contribution in [2.45, 2.75) is 6.92 Å². The lowest BCUT2D eigenvalue weighted by Crippen LogP contribution is -2.44. The van der Waals surface area contributed by atoms with E-state index in [-0.39, 0.29) is 5.41 Å². The molecule has 1 saturated heterocycles. The Labute approximate surface area is 118 Å². The lowest BCUT2D eigenvalue weighted by molar-refractivity contribution is -0.120. The number of para-hydroxylation sites is 1. The molecule has 5 nitrogen and oxygen atoms in total. The summed E-state index contributed by atoms with van der Waals surface area (Å²) >= 11 is 0. The van der Waals surface area contributed by atoms with Crippen LogP contribution in [0.5, 0.6) is 5.75 Å². The maximum atomic E-state index is 5.98. The number of aryl methyl sites for hydroxylation is 1. The Balaban J connectivity index is 1.84. The summed E-state index contributed by atoms with van der Waals surface area (Å²) in [5.74, 6) is 1.47. The van der Waals surface area contributed by atoms with Crippen LogP contribution in [0.3, 0.4) is 0 Å². The van der Waals surface area contributed by atoms with Crippen LogP contribution in [0.25, 0.3) is 11.3 Å². The van der Waals surface area contributed by atoms with Crippen LogP contribution in [0.2, 0.25) is 0 Å².